The predicted octanol–water partition coefficient (Wildman–Crippen LogP) is 1.93. The van der Waals surface area contributed by atoms with Crippen LogP contribution in [0.2, 0.25) is 5.02 Å². The van der Waals surface area contributed by atoms with Crippen LogP contribution in [0.1, 0.15) is 19.4 Å². The largest absolute Gasteiger partial charge is 0.329 e. The third-order valence-corrected chi connectivity index (χ3v) is 4.04. The van der Waals surface area contributed by atoms with Gasteiger partial charge >= 0.3 is 5.69 Å². The van der Waals surface area contributed by atoms with Gasteiger partial charge in [-0.1, -0.05) is 29.8 Å². The number of aromatic amines is 1. The van der Waals surface area contributed by atoms with Crippen molar-refractivity contribution < 1.29 is 0 Å². The number of aromatic nitrogens is 4. The molecule has 0 aliphatic carbocycles. The highest BCUT2D eigenvalue weighted by Gasteiger charge is 2.18. The average Bonchev–Trinajstić information content (AvgIpc) is 2.92. The molecule has 1 aromatic carbocycles. The molecule has 0 aliphatic heterocycles. The Morgan fingerprint density at radius 2 is 2.04 bits per heavy atom. The van der Waals surface area contributed by atoms with E-state index >= 15 is 0 Å². The van der Waals surface area contributed by atoms with Gasteiger partial charge in [0.1, 0.15) is 0 Å². The minimum absolute atomic E-state index is 0.271. The van der Waals surface area contributed by atoms with E-state index in [0.717, 1.165) is 11.3 Å². The number of hydrogen-bond donors (Lipinski definition) is 2. The number of rotatable bonds is 4. The maximum absolute atomic E-state index is 12.4. The minimum Gasteiger partial charge on any atom is -0.298 e. The molecule has 2 heterocycles. The SMILES string of the molecule is CC(C)=NNc1nc2c(c(=O)[nH]c(=O)n2C)n1Cc1ccccc1Cl. The summed E-state index contributed by atoms with van der Waals surface area (Å²) in [6.07, 6.45) is 0. The number of nitrogens with one attached hydrogen (secondary N) is 2. The van der Waals surface area contributed by atoms with Gasteiger partial charge in [0.15, 0.2) is 11.2 Å². The summed E-state index contributed by atoms with van der Waals surface area (Å²) in [5.74, 6) is 0.350. The molecule has 130 valence electrons. The molecule has 0 saturated heterocycles. The predicted molar refractivity (Wildman–Crippen MR) is 98.6 cm³/mol. The highest BCUT2D eigenvalue weighted by Crippen LogP contribution is 2.21. The molecule has 2 N–H and O–H groups in total. The number of hydrazone groups is 1. The summed E-state index contributed by atoms with van der Waals surface area (Å²) in [5, 5.41) is 4.72. The van der Waals surface area contributed by atoms with Gasteiger partial charge in [0.05, 0.1) is 6.54 Å². The van der Waals surface area contributed by atoms with Gasteiger partial charge in [0, 0.05) is 17.8 Å². The summed E-state index contributed by atoms with van der Waals surface area (Å²) in [6, 6.07) is 7.33. The first-order valence-electron chi connectivity index (χ1n) is 7.58. The molecule has 0 saturated carbocycles. The van der Waals surface area contributed by atoms with E-state index in [1.807, 2.05) is 32.0 Å². The van der Waals surface area contributed by atoms with E-state index < -0.39 is 11.2 Å². The number of fused-ring (bicyclic) bond motifs is 1. The molecule has 0 atom stereocenters. The summed E-state index contributed by atoms with van der Waals surface area (Å²) in [7, 11) is 1.55. The zero-order valence-electron chi connectivity index (χ0n) is 14.0. The highest BCUT2D eigenvalue weighted by atomic mass is 35.5. The van der Waals surface area contributed by atoms with Gasteiger partial charge in [0.25, 0.3) is 5.56 Å². The van der Waals surface area contributed by atoms with Gasteiger partial charge in [-0.2, -0.15) is 10.1 Å². The standard InChI is InChI=1S/C16H17ClN6O2/c1-9(2)20-21-15-18-13-12(14(24)19-16(25)22(13)3)23(15)8-10-6-4-5-7-11(10)17/h4-7H,8H2,1-3H3,(H,18,21)(H,19,24,25). The van der Waals surface area contributed by atoms with Crippen LogP contribution in [0.5, 0.6) is 0 Å². The highest BCUT2D eigenvalue weighted by molar-refractivity contribution is 6.31. The first kappa shape index (κ1) is 17.0. The second-order valence-corrected chi connectivity index (χ2v) is 6.18. The Morgan fingerprint density at radius 1 is 1.32 bits per heavy atom. The van der Waals surface area contributed by atoms with Crippen LogP contribution in [0.4, 0.5) is 5.95 Å². The Kier molecular flexibility index (Phi) is 4.45. The van der Waals surface area contributed by atoms with Crippen molar-refractivity contribution in [1.82, 2.24) is 19.1 Å². The van der Waals surface area contributed by atoms with Crippen molar-refractivity contribution in [1.29, 1.82) is 0 Å². The van der Waals surface area contributed by atoms with Gasteiger partial charge in [-0.05, 0) is 25.5 Å². The molecule has 0 fully saturated rings. The molecule has 0 aliphatic rings. The summed E-state index contributed by atoms with van der Waals surface area (Å²) in [6.45, 7) is 3.96. The van der Waals surface area contributed by atoms with Gasteiger partial charge in [-0.25, -0.2) is 10.2 Å². The topological polar surface area (TPSA) is 97.1 Å². The van der Waals surface area contributed by atoms with Crippen molar-refractivity contribution in [2.75, 3.05) is 5.43 Å². The van der Waals surface area contributed by atoms with Crippen molar-refractivity contribution in [2.45, 2.75) is 20.4 Å². The lowest BCUT2D eigenvalue weighted by atomic mass is 10.2. The van der Waals surface area contributed by atoms with Crippen LogP contribution in [0.15, 0.2) is 39.0 Å². The van der Waals surface area contributed by atoms with Crippen LogP contribution >= 0.6 is 11.6 Å². The number of anilines is 1. The van der Waals surface area contributed by atoms with E-state index in [1.165, 1.54) is 4.57 Å². The van der Waals surface area contributed by atoms with Gasteiger partial charge in [0.2, 0.25) is 5.95 Å². The summed E-state index contributed by atoms with van der Waals surface area (Å²) in [4.78, 5) is 30.9. The molecule has 0 unspecified atom stereocenters. The van der Waals surface area contributed by atoms with Crippen LogP contribution in [-0.2, 0) is 13.6 Å². The van der Waals surface area contributed by atoms with Crippen LogP contribution in [0.25, 0.3) is 11.2 Å². The minimum atomic E-state index is -0.526. The van der Waals surface area contributed by atoms with E-state index in [2.05, 4.69) is 20.5 Å². The Bertz CT molecular complexity index is 1090. The fraction of sp³-hybridized carbons (Fsp3) is 0.250. The number of aryl methyl sites for hydroxylation is 1. The summed E-state index contributed by atoms with van der Waals surface area (Å²) in [5.41, 5.74) is 3.96. The lowest BCUT2D eigenvalue weighted by Crippen LogP contribution is -2.29. The number of hydrogen-bond acceptors (Lipinski definition) is 5. The molecular formula is C16H17ClN6O2. The van der Waals surface area contributed by atoms with Crippen LogP contribution < -0.4 is 16.7 Å². The van der Waals surface area contributed by atoms with Crippen molar-refractivity contribution in [3.63, 3.8) is 0 Å². The van der Waals surface area contributed by atoms with E-state index in [4.69, 9.17) is 11.6 Å². The molecule has 2 aromatic heterocycles. The summed E-state index contributed by atoms with van der Waals surface area (Å²) >= 11 is 6.25. The average molecular weight is 361 g/mol. The Labute approximate surface area is 147 Å². The number of nitrogens with zero attached hydrogens (tertiary/aromatic N) is 4. The first-order chi connectivity index (χ1) is 11.9. The molecule has 3 rings (SSSR count). The molecular weight excluding hydrogens is 344 g/mol. The fourth-order valence-electron chi connectivity index (χ4n) is 2.43. The number of imidazole rings is 1. The molecule has 0 spiro atoms. The lowest BCUT2D eigenvalue weighted by Gasteiger charge is -2.09. The van der Waals surface area contributed by atoms with Gasteiger partial charge in [-0.3, -0.25) is 18.9 Å². The maximum Gasteiger partial charge on any atom is 0.329 e. The zero-order valence-corrected chi connectivity index (χ0v) is 14.8. The summed E-state index contributed by atoms with van der Waals surface area (Å²) < 4.78 is 2.94. The number of halogens is 1. The molecule has 0 bridgehead atoms. The first-order valence-corrected chi connectivity index (χ1v) is 7.96. The molecule has 0 amide bonds. The van der Waals surface area contributed by atoms with E-state index in [1.54, 1.807) is 17.7 Å². The fourth-order valence-corrected chi connectivity index (χ4v) is 2.63. The monoisotopic (exact) mass is 360 g/mol. The zero-order chi connectivity index (χ0) is 18.1. The third-order valence-electron chi connectivity index (χ3n) is 3.67. The van der Waals surface area contributed by atoms with Gasteiger partial charge in [-0.15, -0.1) is 0 Å². The molecule has 0 radical (unpaired) electrons. The second-order valence-electron chi connectivity index (χ2n) is 5.77. The maximum atomic E-state index is 12.4. The molecule has 9 heteroatoms. The van der Waals surface area contributed by atoms with Crippen LogP contribution in [0.3, 0.4) is 0 Å². The van der Waals surface area contributed by atoms with Crippen molar-refractivity contribution in [3.05, 3.63) is 55.7 Å². The number of H-pyrrole nitrogens is 1. The van der Waals surface area contributed by atoms with Crippen molar-refractivity contribution in [2.24, 2.45) is 12.1 Å². The normalized spacial score (nSPS) is 10.9. The quantitative estimate of drug-likeness (QED) is 0.548. The van der Waals surface area contributed by atoms with E-state index in [9.17, 15) is 9.59 Å². The van der Waals surface area contributed by atoms with E-state index in [-0.39, 0.29) is 11.2 Å². The molecule has 8 nitrogen and oxygen atoms in total. The van der Waals surface area contributed by atoms with Gasteiger partial charge < -0.3 is 0 Å². The third kappa shape index (κ3) is 3.20. The van der Waals surface area contributed by atoms with Crippen LogP contribution in [-0.4, -0.2) is 24.8 Å². The smallest absolute Gasteiger partial charge is 0.298 e. The van der Waals surface area contributed by atoms with Crippen molar-refractivity contribution in [3.8, 4) is 0 Å². The second kappa shape index (κ2) is 6.56. The Hall–Kier alpha value is -2.87. The Balaban J connectivity index is 2.26. The Morgan fingerprint density at radius 3 is 2.72 bits per heavy atom. The van der Waals surface area contributed by atoms with E-state index in [0.29, 0.717) is 17.5 Å². The lowest BCUT2D eigenvalue weighted by molar-refractivity contribution is 0.808. The van der Waals surface area contributed by atoms with Crippen LogP contribution in [0, 0.1) is 0 Å². The molecule has 25 heavy (non-hydrogen) atoms. The molecule has 3 aromatic rings. The number of benzene rings is 1. The van der Waals surface area contributed by atoms with Crippen molar-refractivity contribution >= 4 is 34.4 Å².